The minimum Gasteiger partial charge on any atom is -0.371 e. The van der Waals surface area contributed by atoms with E-state index in [1.54, 1.807) is 0 Å². The van der Waals surface area contributed by atoms with E-state index in [1.807, 2.05) is 24.4 Å². The second kappa shape index (κ2) is 9.04. The Balaban J connectivity index is 2.09. The SMILES string of the molecule is CCC(Nc1c(Nc2c[nH]cc(C(=O)N(C)C)c2=O)c(=O)n(C)[nH]c1=O)c1cccs1. The van der Waals surface area contributed by atoms with Crippen molar-refractivity contribution in [1.82, 2.24) is 19.7 Å². The highest BCUT2D eigenvalue weighted by molar-refractivity contribution is 7.10. The van der Waals surface area contributed by atoms with Crippen molar-refractivity contribution in [3.8, 4) is 0 Å². The molecule has 3 rings (SSSR count). The minimum absolute atomic E-state index is 0.0205. The number of carbonyl (C=O) groups is 1. The van der Waals surface area contributed by atoms with Crippen LogP contribution in [0.5, 0.6) is 0 Å². The summed E-state index contributed by atoms with van der Waals surface area (Å²) in [6.45, 7) is 1.96. The van der Waals surface area contributed by atoms with Gasteiger partial charge in [0.05, 0.1) is 6.04 Å². The molecule has 0 aliphatic carbocycles. The third kappa shape index (κ3) is 4.45. The van der Waals surface area contributed by atoms with Gasteiger partial charge in [0.1, 0.15) is 22.6 Å². The number of H-pyrrole nitrogens is 2. The van der Waals surface area contributed by atoms with E-state index in [0.717, 1.165) is 9.56 Å². The Hall–Kier alpha value is -3.60. The second-order valence-electron chi connectivity index (χ2n) is 7.11. The molecule has 0 aliphatic rings. The molecule has 3 aromatic rings. The van der Waals surface area contributed by atoms with Gasteiger partial charge < -0.3 is 20.5 Å². The number of nitrogens with one attached hydrogen (secondary N) is 4. The van der Waals surface area contributed by atoms with E-state index in [0.29, 0.717) is 6.42 Å². The molecule has 0 spiro atoms. The maximum atomic E-state index is 12.8. The van der Waals surface area contributed by atoms with Crippen molar-refractivity contribution in [2.75, 3.05) is 24.7 Å². The largest absolute Gasteiger partial charge is 0.371 e. The number of aromatic nitrogens is 3. The van der Waals surface area contributed by atoms with Crippen molar-refractivity contribution in [2.45, 2.75) is 19.4 Å². The molecule has 31 heavy (non-hydrogen) atoms. The van der Waals surface area contributed by atoms with Gasteiger partial charge in [-0.2, -0.15) is 0 Å². The number of thiophene rings is 1. The van der Waals surface area contributed by atoms with E-state index in [2.05, 4.69) is 20.7 Å². The number of hydrogen-bond donors (Lipinski definition) is 4. The van der Waals surface area contributed by atoms with E-state index in [-0.39, 0.29) is 28.7 Å². The number of hydrogen-bond acceptors (Lipinski definition) is 7. The van der Waals surface area contributed by atoms with Gasteiger partial charge in [0.25, 0.3) is 17.0 Å². The molecule has 0 fully saturated rings. The Morgan fingerprint density at radius 2 is 1.97 bits per heavy atom. The van der Waals surface area contributed by atoms with E-state index in [4.69, 9.17) is 0 Å². The van der Waals surface area contributed by atoms with Crippen LogP contribution < -0.4 is 27.2 Å². The lowest BCUT2D eigenvalue weighted by Gasteiger charge is -2.19. The highest BCUT2D eigenvalue weighted by atomic mass is 32.1. The fourth-order valence-electron chi connectivity index (χ4n) is 3.05. The third-order valence-corrected chi connectivity index (χ3v) is 5.71. The molecule has 0 radical (unpaired) electrons. The first-order valence-electron chi connectivity index (χ1n) is 9.57. The molecule has 164 valence electrons. The van der Waals surface area contributed by atoms with Crippen LogP contribution in [0.4, 0.5) is 17.1 Å². The molecule has 1 unspecified atom stereocenters. The van der Waals surface area contributed by atoms with Crippen molar-refractivity contribution in [2.24, 2.45) is 7.05 Å². The maximum Gasteiger partial charge on any atom is 0.290 e. The van der Waals surface area contributed by atoms with Gasteiger partial charge in [-0.15, -0.1) is 11.3 Å². The van der Waals surface area contributed by atoms with Crippen molar-refractivity contribution in [3.05, 3.63) is 71.3 Å². The van der Waals surface area contributed by atoms with E-state index in [1.165, 1.54) is 49.8 Å². The average molecular weight is 445 g/mol. The predicted octanol–water partition coefficient (Wildman–Crippen LogP) is 1.83. The summed E-state index contributed by atoms with van der Waals surface area (Å²) in [6.07, 6.45) is 3.31. The number of anilines is 3. The molecule has 3 heterocycles. The topological polar surface area (TPSA) is 132 Å². The van der Waals surface area contributed by atoms with Gasteiger partial charge in [-0.3, -0.25) is 29.0 Å². The lowest BCUT2D eigenvalue weighted by molar-refractivity contribution is 0.0826. The summed E-state index contributed by atoms with van der Waals surface area (Å²) >= 11 is 1.53. The second-order valence-corrected chi connectivity index (χ2v) is 8.09. The fraction of sp³-hybridized carbons (Fsp3) is 0.300. The molecular formula is C20H24N6O4S. The van der Waals surface area contributed by atoms with Gasteiger partial charge in [-0.05, 0) is 17.9 Å². The number of nitrogens with zero attached hydrogens (tertiary/aromatic N) is 2. The molecule has 0 aromatic carbocycles. The van der Waals surface area contributed by atoms with Crippen LogP contribution in [0.2, 0.25) is 0 Å². The summed E-state index contributed by atoms with van der Waals surface area (Å²) in [5, 5.41) is 10.3. The molecule has 11 heteroatoms. The molecule has 0 aliphatic heterocycles. The third-order valence-electron chi connectivity index (χ3n) is 4.72. The Morgan fingerprint density at radius 3 is 2.58 bits per heavy atom. The van der Waals surface area contributed by atoms with E-state index >= 15 is 0 Å². The molecule has 1 amide bonds. The molecule has 3 aromatic heterocycles. The zero-order valence-electron chi connectivity index (χ0n) is 17.6. The highest BCUT2D eigenvalue weighted by Crippen LogP contribution is 2.27. The van der Waals surface area contributed by atoms with Crippen LogP contribution in [-0.4, -0.2) is 39.7 Å². The molecule has 1 atom stereocenters. The maximum absolute atomic E-state index is 12.8. The normalized spacial score (nSPS) is 11.7. The van der Waals surface area contributed by atoms with Gasteiger partial charge in [-0.25, -0.2) is 0 Å². The standard InChI is InChI=1S/C20H24N6O4S/c1-5-12(14-7-6-8-31-14)22-15-16(20(30)26(4)24-18(15)28)23-13-10-21-9-11(17(13)27)19(29)25(2)3/h6-10,12,22-23H,5H2,1-4H3,(H,21,27)(H,24,28). The van der Waals surface area contributed by atoms with Crippen molar-refractivity contribution >= 4 is 34.3 Å². The van der Waals surface area contributed by atoms with E-state index < -0.39 is 22.5 Å². The monoisotopic (exact) mass is 444 g/mol. The van der Waals surface area contributed by atoms with Gasteiger partial charge in [0.2, 0.25) is 5.43 Å². The van der Waals surface area contributed by atoms with Crippen LogP contribution in [0.3, 0.4) is 0 Å². The van der Waals surface area contributed by atoms with Gasteiger partial charge in [0, 0.05) is 38.4 Å². The smallest absolute Gasteiger partial charge is 0.290 e. The highest BCUT2D eigenvalue weighted by Gasteiger charge is 2.21. The fourth-order valence-corrected chi connectivity index (χ4v) is 3.91. The Morgan fingerprint density at radius 1 is 1.23 bits per heavy atom. The van der Waals surface area contributed by atoms with Crippen LogP contribution in [-0.2, 0) is 7.05 Å². The first kappa shape index (κ1) is 22.1. The molecule has 0 saturated heterocycles. The number of aromatic amines is 2. The van der Waals surface area contributed by atoms with Crippen LogP contribution in [0, 0.1) is 0 Å². The summed E-state index contributed by atoms with van der Waals surface area (Å²) in [5.74, 6) is -0.481. The number of carbonyl (C=O) groups excluding carboxylic acids is 1. The van der Waals surface area contributed by atoms with Gasteiger partial charge in [0.15, 0.2) is 0 Å². The lowest BCUT2D eigenvalue weighted by atomic mass is 10.1. The Bertz CT molecular complexity index is 1260. The Labute approximate surface area is 181 Å². The summed E-state index contributed by atoms with van der Waals surface area (Å²) in [4.78, 5) is 55.7. The van der Waals surface area contributed by atoms with E-state index in [9.17, 15) is 19.2 Å². The number of amides is 1. The first-order valence-corrected chi connectivity index (χ1v) is 10.5. The Kier molecular flexibility index (Phi) is 6.44. The number of aryl methyl sites for hydroxylation is 1. The van der Waals surface area contributed by atoms with Crippen LogP contribution >= 0.6 is 11.3 Å². The van der Waals surface area contributed by atoms with Crippen LogP contribution in [0.15, 0.2) is 44.3 Å². The lowest BCUT2D eigenvalue weighted by Crippen LogP contribution is -2.33. The minimum atomic E-state index is -0.587. The molecule has 10 nitrogen and oxygen atoms in total. The number of pyridine rings is 1. The van der Waals surface area contributed by atoms with Crippen molar-refractivity contribution in [1.29, 1.82) is 0 Å². The quantitative estimate of drug-likeness (QED) is 0.440. The zero-order valence-corrected chi connectivity index (χ0v) is 18.4. The van der Waals surface area contributed by atoms with Crippen molar-refractivity contribution in [3.63, 3.8) is 0 Å². The summed E-state index contributed by atoms with van der Waals surface area (Å²) < 4.78 is 1.03. The predicted molar refractivity (Wildman–Crippen MR) is 122 cm³/mol. The van der Waals surface area contributed by atoms with Crippen molar-refractivity contribution < 1.29 is 4.79 Å². The molecular weight excluding hydrogens is 420 g/mol. The average Bonchev–Trinajstić information content (AvgIpc) is 3.27. The van der Waals surface area contributed by atoms with Crippen LogP contribution in [0.1, 0.15) is 34.6 Å². The van der Waals surface area contributed by atoms with Gasteiger partial charge >= 0.3 is 0 Å². The first-order chi connectivity index (χ1) is 14.7. The molecule has 0 saturated carbocycles. The molecule has 0 bridgehead atoms. The van der Waals surface area contributed by atoms with Crippen LogP contribution in [0.25, 0.3) is 0 Å². The summed E-state index contributed by atoms with van der Waals surface area (Å²) in [6, 6.07) is 3.65. The summed E-state index contributed by atoms with van der Waals surface area (Å²) in [7, 11) is 4.48. The van der Waals surface area contributed by atoms with Gasteiger partial charge in [-0.1, -0.05) is 13.0 Å². The molecule has 4 N–H and O–H groups in total. The zero-order chi connectivity index (χ0) is 22.7. The summed E-state index contributed by atoms with van der Waals surface area (Å²) in [5.41, 5.74) is -1.81. The number of rotatable bonds is 7.